The molecule has 0 aromatic carbocycles. The van der Waals surface area contributed by atoms with Crippen LogP contribution in [-0.2, 0) is 0 Å². The Hall–Kier alpha value is -0.580. The Morgan fingerprint density at radius 1 is 1.33 bits per heavy atom. The van der Waals surface area contributed by atoms with Crippen LogP contribution in [0.1, 0.15) is 5.69 Å². The highest BCUT2D eigenvalue weighted by atomic mass is 79.9. The minimum Gasteiger partial charge on any atom is -0.235 e. The molecule has 0 aliphatic carbocycles. The predicted molar refractivity (Wildman–Crippen MR) is 63.8 cm³/mol. The molecular formula is C9H6BrCl2N3. The molecule has 2 aromatic heterocycles. The van der Waals surface area contributed by atoms with Crippen molar-refractivity contribution in [1.82, 2.24) is 14.8 Å². The Morgan fingerprint density at radius 3 is 2.60 bits per heavy atom. The first-order valence-corrected chi connectivity index (χ1v) is 5.66. The number of aryl methyl sites for hydroxylation is 1. The standard InChI is InChI=1S/C9H6BrCl2N3/c1-5-8(12)4-15(14-5)9-7(11)2-6(10)3-13-9/h2-4H,1H3. The number of halogens is 3. The quantitative estimate of drug-likeness (QED) is 0.805. The van der Waals surface area contributed by atoms with Crippen LogP contribution in [0.5, 0.6) is 0 Å². The van der Waals surface area contributed by atoms with Gasteiger partial charge in [-0.25, -0.2) is 9.67 Å². The van der Waals surface area contributed by atoms with Gasteiger partial charge in [-0.05, 0) is 28.9 Å². The van der Waals surface area contributed by atoms with Crippen molar-refractivity contribution in [3.8, 4) is 5.82 Å². The average molecular weight is 307 g/mol. The first-order valence-electron chi connectivity index (χ1n) is 4.11. The minimum atomic E-state index is 0.517. The van der Waals surface area contributed by atoms with Gasteiger partial charge in [0.2, 0.25) is 0 Å². The number of rotatable bonds is 1. The van der Waals surface area contributed by atoms with E-state index in [0.29, 0.717) is 15.9 Å². The van der Waals surface area contributed by atoms with Crippen LogP contribution in [-0.4, -0.2) is 14.8 Å². The van der Waals surface area contributed by atoms with Crippen LogP contribution in [0.25, 0.3) is 5.82 Å². The molecule has 0 N–H and O–H groups in total. The lowest BCUT2D eigenvalue weighted by atomic mass is 10.4. The van der Waals surface area contributed by atoms with E-state index < -0.39 is 0 Å². The third-order valence-electron chi connectivity index (χ3n) is 1.84. The SMILES string of the molecule is Cc1nn(-c2ncc(Br)cc2Cl)cc1Cl. The minimum absolute atomic E-state index is 0.517. The molecule has 0 saturated heterocycles. The number of pyridine rings is 1. The fourth-order valence-corrected chi connectivity index (χ4v) is 1.97. The van der Waals surface area contributed by atoms with Crippen LogP contribution < -0.4 is 0 Å². The van der Waals surface area contributed by atoms with Gasteiger partial charge in [0.15, 0.2) is 5.82 Å². The van der Waals surface area contributed by atoms with Gasteiger partial charge in [-0.2, -0.15) is 5.10 Å². The highest BCUT2D eigenvalue weighted by Gasteiger charge is 2.08. The maximum atomic E-state index is 6.03. The Bertz CT molecular complexity index is 491. The van der Waals surface area contributed by atoms with Crippen molar-refractivity contribution in [2.45, 2.75) is 6.92 Å². The second kappa shape index (κ2) is 4.12. The lowest BCUT2D eigenvalue weighted by molar-refractivity contribution is 0.832. The van der Waals surface area contributed by atoms with Crippen LogP contribution in [0.3, 0.4) is 0 Å². The molecule has 2 aromatic rings. The fraction of sp³-hybridized carbons (Fsp3) is 0.111. The van der Waals surface area contributed by atoms with Crippen molar-refractivity contribution >= 4 is 39.1 Å². The summed E-state index contributed by atoms with van der Waals surface area (Å²) in [5, 5.41) is 5.30. The van der Waals surface area contributed by atoms with E-state index >= 15 is 0 Å². The van der Waals surface area contributed by atoms with Gasteiger partial charge in [0.25, 0.3) is 0 Å². The van der Waals surface area contributed by atoms with E-state index in [4.69, 9.17) is 23.2 Å². The zero-order chi connectivity index (χ0) is 11.0. The Kier molecular flexibility index (Phi) is 3.00. The summed E-state index contributed by atoms with van der Waals surface area (Å²) in [6, 6.07) is 1.76. The van der Waals surface area contributed by atoms with Crippen LogP contribution >= 0.6 is 39.1 Å². The summed E-state index contributed by atoms with van der Waals surface area (Å²) in [4.78, 5) is 4.17. The topological polar surface area (TPSA) is 30.7 Å². The molecule has 0 fully saturated rings. The second-order valence-corrected chi connectivity index (χ2v) is 4.70. The van der Waals surface area contributed by atoms with Crippen molar-refractivity contribution in [2.24, 2.45) is 0 Å². The Balaban J connectivity index is 2.54. The predicted octanol–water partition coefficient (Wildman–Crippen LogP) is 3.65. The second-order valence-electron chi connectivity index (χ2n) is 2.97. The van der Waals surface area contributed by atoms with E-state index in [1.807, 2.05) is 6.92 Å². The highest BCUT2D eigenvalue weighted by Crippen LogP contribution is 2.23. The Labute approximate surface area is 105 Å². The van der Waals surface area contributed by atoms with Crippen LogP contribution in [0.4, 0.5) is 0 Å². The maximum Gasteiger partial charge on any atom is 0.172 e. The third kappa shape index (κ3) is 2.17. The van der Waals surface area contributed by atoms with Gasteiger partial charge >= 0.3 is 0 Å². The van der Waals surface area contributed by atoms with Gasteiger partial charge in [0.1, 0.15) is 0 Å². The zero-order valence-corrected chi connectivity index (χ0v) is 10.8. The van der Waals surface area contributed by atoms with Crippen molar-refractivity contribution in [1.29, 1.82) is 0 Å². The van der Waals surface area contributed by atoms with Crippen molar-refractivity contribution < 1.29 is 0 Å². The van der Waals surface area contributed by atoms with Gasteiger partial charge in [-0.15, -0.1) is 0 Å². The number of nitrogens with zero attached hydrogens (tertiary/aromatic N) is 3. The first-order chi connectivity index (χ1) is 7.08. The summed E-state index contributed by atoms with van der Waals surface area (Å²) >= 11 is 15.2. The monoisotopic (exact) mass is 305 g/mol. The molecule has 0 bridgehead atoms. The molecule has 0 aliphatic heterocycles. The van der Waals surface area contributed by atoms with E-state index in [9.17, 15) is 0 Å². The van der Waals surface area contributed by atoms with Crippen LogP contribution in [0.15, 0.2) is 22.9 Å². The van der Waals surface area contributed by atoms with Crippen molar-refractivity contribution in [3.63, 3.8) is 0 Å². The largest absolute Gasteiger partial charge is 0.235 e. The molecule has 0 atom stereocenters. The first kappa shape index (κ1) is 10.9. The summed E-state index contributed by atoms with van der Waals surface area (Å²) in [7, 11) is 0. The average Bonchev–Trinajstić information content (AvgIpc) is 2.46. The molecular weight excluding hydrogens is 301 g/mol. The van der Waals surface area contributed by atoms with Gasteiger partial charge in [-0.1, -0.05) is 23.2 Å². The van der Waals surface area contributed by atoms with Gasteiger partial charge in [0, 0.05) is 10.7 Å². The van der Waals surface area contributed by atoms with E-state index in [2.05, 4.69) is 26.0 Å². The Morgan fingerprint density at radius 2 is 2.07 bits per heavy atom. The molecule has 2 heterocycles. The molecule has 2 rings (SSSR count). The molecule has 78 valence electrons. The number of hydrogen-bond acceptors (Lipinski definition) is 2. The lowest BCUT2D eigenvalue weighted by Gasteiger charge is -2.02. The van der Waals surface area contributed by atoms with E-state index in [1.54, 1.807) is 23.1 Å². The molecule has 3 nitrogen and oxygen atoms in total. The summed E-state index contributed by atoms with van der Waals surface area (Å²) in [6.45, 7) is 1.82. The van der Waals surface area contributed by atoms with Crippen LogP contribution in [0.2, 0.25) is 10.0 Å². The summed E-state index contributed by atoms with van der Waals surface area (Å²) in [5.41, 5.74) is 0.748. The van der Waals surface area contributed by atoms with E-state index in [1.165, 1.54) is 0 Å². The smallest absolute Gasteiger partial charge is 0.172 e. The van der Waals surface area contributed by atoms with E-state index in [0.717, 1.165) is 10.2 Å². The maximum absolute atomic E-state index is 6.03. The summed E-state index contributed by atoms with van der Waals surface area (Å²) in [6.07, 6.45) is 3.34. The highest BCUT2D eigenvalue weighted by molar-refractivity contribution is 9.10. The molecule has 6 heteroatoms. The van der Waals surface area contributed by atoms with Crippen molar-refractivity contribution in [2.75, 3.05) is 0 Å². The fourth-order valence-electron chi connectivity index (χ4n) is 1.12. The van der Waals surface area contributed by atoms with Gasteiger partial charge < -0.3 is 0 Å². The molecule has 0 radical (unpaired) electrons. The van der Waals surface area contributed by atoms with E-state index in [-0.39, 0.29) is 0 Å². The molecule has 15 heavy (non-hydrogen) atoms. The van der Waals surface area contributed by atoms with Gasteiger partial charge in [0.05, 0.1) is 21.9 Å². The summed E-state index contributed by atoms with van der Waals surface area (Å²) in [5.74, 6) is 0.565. The number of hydrogen-bond donors (Lipinski definition) is 0. The van der Waals surface area contributed by atoms with Gasteiger partial charge in [-0.3, -0.25) is 0 Å². The number of aromatic nitrogens is 3. The molecule has 0 saturated carbocycles. The zero-order valence-electron chi connectivity index (χ0n) is 7.71. The molecule has 0 aliphatic rings. The third-order valence-corrected chi connectivity index (χ3v) is 2.93. The van der Waals surface area contributed by atoms with Crippen LogP contribution in [0, 0.1) is 6.92 Å². The normalized spacial score (nSPS) is 10.7. The lowest BCUT2D eigenvalue weighted by Crippen LogP contribution is -1.99. The van der Waals surface area contributed by atoms with Crippen molar-refractivity contribution in [3.05, 3.63) is 38.7 Å². The molecule has 0 spiro atoms. The molecule has 0 amide bonds. The summed E-state index contributed by atoms with van der Waals surface area (Å²) < 4.78 is 2.39. The molecule has 0 unspecified atom stereocenters.